The van der Waals surface area contributed by atoms with Crippen molar-refractivity contribution in [2.24, 2.45) is 5.10 Å². The SMILES string of the molecule is CN(C)c1ccc(/C=N\NC(=O)c2ccc(CSCc3ccccc3)cc2)cc1. The van der Waals surface area contributed by atoms with Crippen molar-refractivity contribution in [3.63, 3.8) is 0 Å². The summed E-state index contributed by atoms with van der Waals surface area (Å²) in [5, 5.41) is 4.06. The summed E-state index contributed by atoms with van der Waals surface area (Å²) < 4.78 is 0. The largest absolute Gasteiger partial charge is 0.378 e. The average Bonchev–Trinajstić information content (AvgIpc) is 2.75. The quantitative estimate of drug-likeness (QED) is 0.427. The molecular formula is C24H25N3OS. The van der Waals surface area contributed by atoms with Gasteiger partial charge in [0.25, 0.3) is 5.91 Å². The Kier molecular flexibility index (Phi) is 7.47. The normalized spacial score (nSPS) is 10.8. The van der Waals surface area contributed by atoms with Crippen LogP contribution in [0.4, 0.5) is 5.69 Å². The Bertz CT molecular complexity index is 936. The van der Waals surface area contributed by atoms with Crippen molar-refractivity contribution in [3.05, 3.63) is 101 Å². The third-order valence-electron chi connectivity index (χ3n) is 4.39. The molecule has 0 saturated heterocycles. The standard InChI is InChI=1S/C24H25N3OS/c1-27(2)23-14-10-19(11-15-23)16-25-26-24(28)22-12-8-21(9-13-22)18-29-17-20-6-4-3-5-7-20/h3-16H,17-18H2,1-2H3,(H,26,28)/b25-16-. The van der Waals surface area contributed by atoms with Crippen molar-refractivity contribution < 1.29 is 4.79 Å². The zero-order chi connectivity index (χ0) is 20.5. The summed E-state index contributed by atoms with van der Waals surface area (Å²) in [6.07, 6.45) is 1.64. The number of hydrazone groups is 1. The molecule has 0 bridgehead atoms. The lowest BCUT2D eigenvalue weighted by molar-refractivity contribution is 0.0955. The molecule has 0 radical (unpaired) electrons. The fraction of sp³-hybridized carbons (Fsp3) is 0.167. The van der Waals surface area contributed by atoms with Gasteiger partial charge in [-0.15, -0.1) is 0 Å². The van der Waals surface area contributed by atoms with Gasteiger partial charge in [-0.3, -0.25) is 4.79 Å². The zero-order valence-corrected chi connectivity index (χ0v) is 17.5. The van der Waals surface area contributed by atoms with Crippen LogP contribution < -0.4 is 10.3 Å². The van der Waals surface area contributed by atoms with Crippen molar-refractivity contribution in [1.82, 2.24) is 5.43 Å². The predicted octanol–water partition coefficient (Wildman–Crippen LogP) is 4.95. The second-order valence-corrected chi connectivity index (χ2v) is 7.85. The Balaban J connectivity index is 1.47. The number of anilines is 1. The third-order valence-corrected chi connectivity index (χ3v) is 5.46. The van der Waals surface area contributed by atoms with Crippen LogP contribution in [-0.4, -0.2) is 26.2 Å². The second kappa shape index (κ2) is 10.5. The van der Waals surface area contributed by atoms with Gasteiger partial charge in [-0.2, -0.15) is 16.9 Å². The number of carbonyl (C=O) groups is 1. The molecule has 3 rings (SSSR count). The number of benzene rings is 3. The Hall–Kier alpha value is -3.05. The molecule has 0 unspecified atom stereocenters. The molecule has 148 valence electrons. The molecule has 3 aromatic carbocycles. The first kappa shape index (κ1) is 20.7. The van der Waals surface area contributed by atoms with Gasteiger partial charge in [-0.1, -0.05) is 54.6 Å². The number of amides is 1. The molecule has 1 N–H and O–H groups in total. The van der Waals surface area contributed by atoms with Gasteiger partial charge in [-0.25, -0.2) is 5.43 Å². The van der Waals surface area contributed by atoms with E-state index in [4.69, 9.17) is 0 Å². The summed E-state index contributed by atoms with van der Waals surface area (Å²) in [7, 11) is 3.99. The Morgan fingerprint density at radius 3 is 2.14 bits per heavy atom. The number of rotatable bonds is 8. The van der Waals surface area contributed by atoms with Crippen LogP contribution in [-0.2, 0) is 11.5 Å². The topological polar surface area (TPSA) is 44.7 Å². The average molecular weight is 404 g/mol. The summed E-state index contributed by atoms with van der Waals surface area (Å²) in [6, 6.07) is 26.1. The minimum Gasteiger partial charge on any atom is -0.378 e. The molecule has 1 amide bonds. The van der Waals surface area contributed by atoms with Crippen LogP contribution in [0.2, 0.25) is 0 Å². The number of nitrogens with one attached hydrogen (secondary N) is 1. The summed E-state index contributed by atoms with van der Waals surface area (Å²) in [4.78, 5) is 14.3. The number of thioether (sulfide) groups is 1. The van der Waals surface area contributed by atoms with Gasteiger partial charge in [0.05, 0.1) is 6.21 Å². The maximum Gasteiger partial charge on any atom is 0.271 e. The molecule has 0 aromatic heterocycles. The van der Waals surface area contributed by atoms with Crippen LogP contribution in [0, 0.1) is 0 Å². The van der Waals surface area contributed by atoms with Gasteiger partial charge in [0.1, 0.15) is 0 Å². The molecule has 0 aliphatic rings. The molecule has 0 fully saturated rings. The van der Waals surface area contributed by atoms with E-state index < -0.39 is 0 Å². The molecule has 0 atom stereocenters. The Labute approximate surface area is 176 Å². The molecule has 0 saturated carbocycles. The highest BCUT2D eigenvalue weighted by atomic mass is 32.2. The van der Waals surface area contributed by atoms with Crippen LogP contribution in [0.5, 0.6) is 0 Å². The lowest BCUT2D eigenvalue weighted by atomic mass is 10.1. The van der Waals surface area contributed by atoms with Gasteiger partial charge in [-0.05, 0) is 41.0 Å². The zero-order valence-electron chi connectivity index (χ0n) is 16.7. The van der Waals surface area contributed by atoms with Gasteiger partial charge >= 0.3 is 0 Å². The number of carbonyl (C=O) groups excluding carboxylic acids is 1. The smallest absolute Gasteiger partial charge is 0.271 e. The fourth-order valence-electron chi connectivity index (χ4n) is 2.70. The van der Waals surface area contributed by atoms with E-state index in [1.54, 1.807) is 6.21 Å². The fourth-order valence-corrected chi connectivity index (χ4v) is 3.66. The third kappa shape index (κ3) is 6.50. The lowest BCUT2D eigenvalue weighted by Crippen LogP contribution is -2.17. The molecule has 29 heavy (non-hydrogen) atoms. The van der Waals surface area contributed by atoms with Gasteiger partial charge in [0.2, 0.25) is 0 Å². The van der Waals surface area contributed by atoms with Gasteiger partial charge in [0.15, 0.2) is 0 Å². The summed E-state index contributed by atoms with van der Waals surface area (Å²) in [6.45, 7) is 0. The van der Waals surface area contributed by atoms with E-state index in [9.17, 15) is 4.79 Å². The molecule has 0 aliphatic heterocycles. The highest BCUT2D eigenvalue weighted by Crippen LogP contribution is 2.18. The van der Waals surface area contributed by atoms with E-state index in [1.807, 2.05) is 85.4 Å². The van der Waals surface area contributed by atoms with Crippen LogP contribution >= 0.6 is 11.8 Å². The van der Waals surface area contributed by atoms with Crippen molar-refractivity contribution in [1.29, 1.82) is 0 Å². The molecule has 0 heterocycles. The minimum absolute atomic E-state index is 0.213. The molecule has 4 nitrogen and oxygen atoms in total. The minimum atomic E-state index is -0.213. The van der Waals surface area contributed by atoms with Crippen LogP contribution in [0.1, 0.15) is 27.0 Å². The van der Waals surface area contributed by atoms with Gasteiger partial charge < -0.3 is 4.90 Å². The monoisotopic (exact) mass is 403 g/mol. The number of hydrogen-bond donors (Lipinski definition) is 1. The number of nitrogens with zero attached hydrogens (tertiary/aromatic N) is 2. The highest BCUT2D eigenvalue weighted by Gasteiger charge is 2.04. The second-order valence-electron chi connectivity index (χ2n) is 6.86. The van der Waals surface area contributed by atoms with Crippen molar-refractivity contribution in [3.8, 4) is 0 Å². The Morgan fingerprint density at radius 1 is 0.897 bits per heavy atom. The Morgan fingerprint density at radius 2 is 1.52 bits per heavy atom. The first-order valence-corrected chi connectivity index (χ1v) is 10.6. The number of hydrogen-bond acceptors (Lipinski definition) is 4. The summed E-state index contributed by atoms with van der Waals surface area (Å²) in [5.41, 5.74) is 7.76. The van der Waals surface area contributed by atoms with Crippen molar-refractivity contribution in [2.45, 2.75) is 11.5 Å². The maximum absolute atomic E-state index is 12.3. The van der Waals surface area contributed by atoms with Crippen molar-refractivity contribution in [2.75, 3.05) is 19.0 Å². The summed E-state index contributed by atoms with van der Waals surface area (Å²) in [5.74, 6) is 1.68. The lowest BCUT2D eigenvalue weighted by Gasteiger charge is -2.11. The van der Waals surface area contributed by atoms with Crippen molar-refractivity contribution >= 4 is 29.6 Å². The van der Waals surface area contributed by atoms with E-state index >= 15 is 0 Å². The van der Waals surface area contributed by atoms with E-state index in [2.05, 4.69) is 34.8 Å². The first-order valence-electron chi connectivity index (χ1n) is 9.43. The predicted molar refractivity (Wildman–Crippen MR) is 124 cm³/mol. The molecule has 0 spiro atoms. The highest BCUT2D eigenvalue weighted by molar-refractivity contribution is 7.97. The first-order chi connectivity index (χ1) is 14.1. The molecule has 3 aromatic rings. The van der Waals surface area contributed by atoms with Crippen LogP contribution in [0.25, 0.3) is 0 Å². The summed E-state index contributed by atoms with van der Waals surface area (Å²) >= 11 is 1.86. The van der Waals surface area contributed by atoms with E-state index in [1.165, 1.54) is 11.1 Å². The van der Waals surface area contributed by atoms with Gasteiger partial charge in [0, 0.05) is 36.9 Å². The maximum atomic E-state index is 12.3. The van der Waals surface area contributed by atoms with E-state index in [0.29, 0.717) is 5.56 Å². The van der Waals surface area contributed by atoms with Crippen LogP contribution in [0.3, 0.4) is 0 Å². The molecule has 5 heteroatoms. The van der Waals surface area contributed by atoms with E-state index in [-0.39, 0.29) is 5.91 Å². The molecular weight excluding hydrogens is 378 g/mol. The van der Waals surface area contributed by atoms with E-state index in [0.717, 1.165) is 22.8 Å². The van der Waals surface area contributed by atoms with Crippen LogP contribution in [0.15, 0.2) is 84.0 Å². The molecule has 0 aliphatic carbocycles.